The van der Waals surface area contributed by atoms with Gasteiger partial charge in [0.15, 0.2) is 5.82 Å². The maximum Gasteiger partial charge on any atom is 0.159 e. The lowest BCUT2D eigenvalue weighted by atomic mass is 10.1. The minimum atomic E-state index is 0.583. The average molecular weight is 246 g/mol. The van der Waals surface area contributed by atoms with Crippen LogP contribution in [0.25, 0.3) is 0 Å². The zero-order valence-corrected chi connectivity index (χ0v) is 10.4. The molecule has 88 valence electrons. The van der Waals surface area contributed by atoms with Gasteiger partial charge in [-0.05, 0) is 18.1 Å². The first-order chi connectivity index (χ1) is 8.29. The Balaban J connectivity index is 2.05. The summed E-state index contributed by atoms with van der Waals surface area (Å²) in [6, 6.07) is 8.33. The first kappa shape index (κ1) is 11.9. The van der Waals surface area contributed by atoms with Crippen molar-refractivity contribution in [2.24, 2.45) is 5.84 Å². The Morgan fingerprint density at radius 3 is 2.88 bits per heavy atom. The van der Waals surface area contributed by atoms with Gasteiger partial charge in [-0.1, -0.05) is 24.3 Å². The third-order valence-electron chi connectivity index (χ3n) is 2.40. The molecule has 0 saturated carbocycles. The predicted molar refractivity (Wildman–Crippen MR) is 70.6 cm³/mol. The molecule has 0 aliphatic heterocycles. The van der Waals surface area contributed by atoms with Crippen molar-refractivity contribution in [1.29, 1.82) is 0 Å². The maximum atomic E-state index is 5.29. The van der Waals surface area contributed by atoms with Crippen molar-refractivity contribution in [2.45, 2.75) is 17.7 Å². The zero-order chi connectivity index (χ0) is 12.1. The van der Waals surface area contributed by atoms with Crippen LogP contribution in [0.3, 0.4) is 0 Å². The highest BCUT2D eigenvalue weighted by atomic mass is 32.2. The van der Waals surface area contributed by atoms with Gasteiger partial charge in [-0.3, -0.25) is 4.98 Å². The van der Waals surface area contributed by atoms with Crippen LogP contribution < -0.4 is 11.3 Å². The maximum absolute atomic E-state index is 5.29. The highest BCUT2D eigenvalue weighted by molar-refractivity contribution is 7.98. The van der Waals surface area contributed by atoms with Gasteiger partial charge >= 0.3 is 0 Å². The number of hydrogen-bond donors (Lipinski definition) is 2. The van der Waals surface area contributed by atoms with Crippen molar-refractivity contribution in [3.8, 4) is 0 Å². The molecule has 0 saturated heterocycles. The zero-order valence-electron chi connectivity index (χ0n) is 9.55. The highest BCUT2D eigenvalue weighted by Gasteiger charge is 2.01. The van der Waals surface area contributed by atoms with E-state index in [1.807, 2.05) is 12.1 Å². The molecule has 0 atom stereocenters. The molecule has 4 nitrogen and oxygen atoms in total. The molecule has 0 amide bonds. The third-order valence-corrected chi connectivity index (χ3v) is 3.34. The average Bonchev–Trinajstić information content (AvgIpc) is 2.38. The number of thioether (sulfide) groups is 1. The molecule has 0 radical (unpaired) electrons. The second-order valence-corrected chi connectivity index (χ2v) is 4.60. The molecule has 0 bridgehead atoms. The Morgan fingerprint density at radius 2 is 2.12 bits per heavy atom. The van der Waals surface area contributed by atoms with Crippen molar-refractivity contribution in [1.82, 2.24) is 9.97 Å². The number of rotatable bonds is 4. The van der Waals surface area contributed by atoms with E-state index in [9.17, 15) is 0 Å². The minimum absolute atomic E-state index is 0.583. The summed E-state index contributed by atoms with van der Waals surface area (Å²) >= 11 is 1.65. The van der Waals surface area contributed by atoms with Gasteiger partial charge in [0.05, 0.1) is 12.4 Å². The van der Waals surface area contributed by atoms with E-state index in [1.165, 1.54) is 11.1 Å². The first-order valence-electron chi connectivity index (χ1n) is 5.25. The molecular formula is C12H14N4S. The summed E-state index contributed by atoms with van der Waals surface area (Å²) in [4.78, 5) is 8.36. The minimum Gasteiger partial charge on any atom is -0.307 e. The van der Waals surface area contributed by atoms with Crippen LogP contribution in [0.1, 0.15) is 11.1 Å². The number of hydrogen-bond acceptors (Lipinski definition) is 5. The summed E-state index contributed by atoms with van der Waals surface area (Å²) in [5.41, 5.74) is 5.09. The van der Waals surface area contributed by atoms with Gasteiger partial charge in [0, 0.05) is 5.75 Å². The lowest BCUT2D eigenvalue weighted by Gasteiger charge is -2.05. The molecule has 0 fully saturated rings. The van der Waals surface area contributed by atoms with Crippen molar-refractivity contribution in [2.75, 3.05) is 5.43 Å². The van der Waals surface area contributed by atoms with Gasteiger partial charge in [0.2, 0.25) is 0 Å². The molecule has 0 unspecified atom stereocenters. The van der Waals surface area contributed by atoms with E-state index >= 15 is 0 Å². The van der Waals surface area contributed by atoms with Gasteiger partial charge in [0.1, 0.15) is 5.03 Å². The topological polar surface area (TPSA) is 63.8 Å². The molecule has 1 aromatic carbocycles. The largest absolute Gasteiger partial charge is 0.307 e. The van der Waals surface area contributed by atoms with Gasteiger partial charge < -0.3 is 5.43 Å². The van der Waals surface area contributed by atoms with E-state index in [-0.39, 0.29) is 0 Å². The van der Waals surface area contributed by atoms with Gasteiger partial charge in [-0.2, -0.15) is 0 Å². The van der Waals surface area contributed by atoms with Crippen LogP contribution in [0.4, 0.5) is 5.82 Å². The Bertz CT molecular complexity index is 501. The fourth-order valence-corrected chi connectivity index (χ4v) is 2.34. The van der Waals surface area contributed by atoms with Crippen molar-refractivity contribution in [3.63, 3.8) is 0 Å². The Morgan fingerprint density at radius 1 is 1.29 bits per heavy atom. The van der Waals surface area contributed by atoms with Crippen molar-refractivity contribution in [3.05, 3.63) is 47.8 Å². The third kappa shape index (κ3) is 3.18. The van der Waals surface area contributed by atoms with Gasteiger partial charge in [0.25, 0.3) is 0 Å². The summed E-state index contributed by atoms with van der Waals surface area (Å²) in [5, 5.41) is 0.865. The number of anilines is 1. The van der Waals surface area contributed by atoms with Gasteiger partial charge in [-0.15, -0.1) is 11.8 Å². The Labute approximate surface area is 105 Å². The molecule has 0 aliphatic carbocycles. The van der Waals surface area contributed by atoms with Crippen LogP contribution in [-0.2, 0) is 5.75 Å². The lowest BCUT2D eigenvalue weighted by molar-refractivity contribution is 1.04. The van der Waals surface area contributed by atoms with Gasteiger partial charge in [-0.25, -0.2) is 10.8 Å². The van der Waals surface area contributed by atoms with E-state index in [1.54, 1.807) is 24.2 Å². The second kappa shape index (κ2) is 5.65. The molecule has 17 heavy (non-hydrogen) atoms. The summed E-state index contributed by atoms with van der Waals surface area (Å²) in [6.45, 7) is 2.11. The SMILES string of the molecule is Cc1ccccc1CSc1cncc(NN)n1. The fraction of sp³-hybridized carbons (Fsp3) is 0.167. The summed E-state index contributed by atoms with van der Waals surface area (Å²) < 4.78 is 0. The summed E-state index contributed by atoms with van der Waals surface area (Å²) in [7, 11) is 0. The monoisotopic (exact) mass is 246 g/mol. The van der Waals surface area contributed by atoms with Crippen LogP contribution in [0.5, 0.6) is 0 Å². The van der Waals surface area contributed by atoms with E-state index in [0.717, 1.165) is 10.8 Å². The Hall–Kier alpha value is -1.59. The number of nitrogen functional groups attached to an aromatic ring is 1. The Kier molecular flexibility index (Phi) is 3.95. The fourth-order valence-electron chi connectivity index (χ4n) is 1.41. The van der Waals surface area contributed by atoms with E-state index in [4.69, 9.17) is 5.84 Å². The standard InChI is InChI=1S/C12H14N4S/c1-9-4-2-3-5-10(9)8-17-12-7-14-6-11(15-12)16-13/h2-7H,8,13H2,1H3,(H,15,16). The van der Waals surface area contributed by atoms with Crippen LogP contribution in [0.2, 0.25) is 0 Å². The second-order valence-electron chi connectivity index (χ2n) is 3.60. The van der Waals surface area contributed by atoms with Crippen LogP contribution in [0, 0.1) is 6.92 Å². The first-order valence-corrected chi connectivity index (χ1v) is 6.24. The molecule has 3 N–H and O–H groups in total. The van der Waals surface area contributed by atoms with Crippen LogP contribution in [-0.4, -0.2) is 9.97 Å². The van der Waals surface area contributed by atoms with E-state index in [2.05, 4.69) is 34.5 Å². The quantitative estimate of drug-likeness (QED) is 0.492. The van der Waals surface area contributed by atoms with Crippen molar-refractivity contribution < 1.29 is 0 Å². The number of benzene rings is 1. The molecule has 5 heteroatoms. The molecule has 2 rings (SSSR count). The van der Waals surface area contributed by atoms with Crippen LogP contribution >= 0.6 is 11.8 Å². The molecule has 0 spiro atoms. The lowest BCUT2D eigenvalue weighted by Crippen LogP contribution is -2.08. The molecular weight excluding hydrogens is 232 g/mol. The van der Waals surface area contributed by atoms with Crippen molar-refractivity contribution >= 4 is 17.6 Å². The highest BCUT2D eigenvalue weighted by Crippen LogP contribution is 2.22. The molecule has 1 heterocycles. The number of hydrazine groups is 1. The predicted octanol–water partition coefficient (Wildman–Crippen LogP) is 2.36. The van der Waals surface area contributed by atoms with E-state index in [0.29, 0.717) is 5.82 Å². The number of nitrogens with zero attached hydrogens (tertiary/aromatic N) is 2. The summed E-state index contributed by atoms with van der Waals surface area (Å²) in [6.07, 6.45) is 3.33. The normalized spacial score (nSPS) is 10.2. The number of nitrogens with two attached hydrogens (primary N) is 1. The molecule has 0 aliphatic rings. The van der Waals surface area contributed by atoms with Crippen LogP contribution in [0.15, 0.2) is 41.7 Å². The summed E-state index contributed by atoms with van der Waals surface area (Å²) in [5.74, 6) is 6.76. The van der Waals surface area contributed by atoms with E-state index < -0.39 is 0 Å². The smallest absolute Gasteiger partial charge is 0.159 e. The molecule has 2 aromatic rings. The molecule has 1 aromatic heterocycles. The number of aromatic nitrogens is 2. The number of nitrogens with one attached hydrogen (secondary N) is 1. The number of aryl methyl sites for hydroxylation is 1.